The zero-order valence-electron chi connectivity index (χ0n) is 9.87. The molecule has 1 fully saturated rings. The summed E-state index contributed by atoms with van der Waals surface area (Å²) in [5, 5.41) is 8.18. The van der Waals surface area contributed by atoms with Crippen molar-refractivity contribution in [3.63, 3.8) is 0 Å². The normalized spacial score (nSPS) is 19.1. The Balaban J connectivity index is 1.53. The minimum absolute atomic E-state index is 0.0543. The second kappa shape index (κ2) is 5.70. The van der Waals surface area contributed by atoms with Crippen LogP contribution < -0.4 is 16.0 Å². The largest absolute Gasteiger partial charge is 0.354 e. The van der Waals surface area contributed by atoms with Gasteiger partial charge in [0.1, 0.15) is 0 Å². The second-order valence-electron chi connectivity index (χ2n) is 4.71. The molecule has 17 heavy (non-hydrogen) atoms. The van der Waals surface area contributed by atoms with Crippen molar-refractivity contribution < 1.29 is 9.59 Å². The van der Waals surface area contributed by atoms with Crippen LogP contribution >= 0.6 is 0 Å². The lowest BCUT2D eigenvalue weighted by Crippen LogP contribution is -2.45. The molecule has 2 aliphatic rings. The van der Waals surface area contributed by atoms with Gasteiger partial charge in [0.05, 0.1) is 6.54 Å². The van der Waals surface area contributed by atoms with Gasteiger partial charge in [-0.2, -0.15) is 0 Å². The van der Waals surface area contributed by atoms with E-state index >= 15 is 0 Å². The van der Waals surface area contributed by atoms with Crippen molar-refractivity contribution in [1.29, 1.82) is 0 Å². The summed E-state index contributed by atoms with van der Waals surface area (Å²) in [6.45, 7) is 0.799. The number of nitrogens with one attached hydrogen (secondary N) is 3. The first kappa shape index (κ1) is 12.0. The SMILES string of the molecule is O=C(CNC(=O)NC1CC=CC1)NCC1CC1. The lowest BCUT2D eigenvalue weighted by Gasteiger charge is -2.12. The number of rotatable bonds is 5. The molecule has 0 aliphatic heterocycles. The molecule has 1 saturated carbocycles. The van der Waals surface area contributed by atoms with Gasteiger partial charge in [-0.1, -0.05) is 12.2 Å². The molecular weight excluding hydrogens is 218 g/mol. The lowest BCUT2D eigenvalue weighted by atomic mass is 10.2. The standard InChI is InChI=1S/C12H19N3O2/c16-11(13-7-9-5-6-9)8-14-12(17)15-10-3-1-2-4-10/h1-2,9-10H,3-8H2,(H,13,16)(H2,14,15,17). The molecule has 0 aromatic carbocycles. The summed E-state index contributed by atoms with van der Waals surface area (Å²) >= 11 is 0. The highest BCUT2D eigenvalue weighted by Crippen LogP contribution is 2.27. The van der Waals surface area contributed by atoms with Gasteiger partial charge < -0.3 is 16.0 Å². The van der Waals surface area contributed by atoms with Gasteiger partial charge in [0.25, 0.3) is 0 Å². The van der Waals surface area contributed by atoms with Crippen LogP contribution in [-0.2, 0) is 4.79 Å². The Kier molecular flexibility index (Phi) is 4.01. The Labute approximate surface area is 101 Å². The van der Waals surface area contributed by atoms with Gasteiger partial charge in [-0.3, -0.25) is 4.79 Å². The highest BCUT2D eigenvalue weighted by molar-refractivity contribution is 5.84. The molecule has 2 aliphatic carbocycles. The average molecular weight is 237 g/mol. The van der Waals surface area contributed by atoms with Crippen molar-refractivity contribution >= 4 is 11.9 Å². The van der Waals surface area contributed by atoms with Crippen LogP contribution in [0.3, 0.4) is 0 Å². The van der Waals surface area contributed by atoms with Crippen LogP contribution in [0.5, 0.6) is 0 Å². The third-order valence-corrected chi connectivity index (χ3v) is 3.04. The van der Waals surface area contributed by atoms with Gasteiger partial charge >= 0.3 is 6.03 Å². The Morgan fingerprint density at radius 1 is 1.12 bits per heavy atom. The smallest absolute Gasteiger partial charge is 0.315 e. The van der Waals surface area contributed by atoms with E-state index in [2.05, 4.69) is 16.0 Å². The summed E-state index contributed by atoms with van der Waals surface area (Å²) in [7, 11) is 0. The summed E-state index contributed by atoms with van der Waals surface area (Å²) in [6.07, 6.45) is 8.27. The number of carbonyl (C=O) groups excluding carboxylic acids is 2. The fourth-order valence-corrected chi connectivity index (χ4v) is 1.77. The van der Waals surface area contributed by atoms with Gasteiger partial charge in [0.15, 0.2) is 0 Å². The molecule has 5 nitrogen and oxygen atoms in total. The summed E-state index contributed by atoms with van der Waals surface area (Å²) < 4.78 is 0. The second-order valence-corrected chi connectivity index (χ2v) is 4.71. The molecule has 0 radical (unpaired) electrons. The minimum atomic E-state index is -0.264. The number of hydrogen-bond acceptors (Lipinski definition) is 2. The van der Waals surface area contributed by atoms with E-state index in [0.29, 0.717) is 5.92 Å². The van der Waals surface area contributed by atoms with Gasteiger partial charge in [-0.25, -0.2) is 4.79 Å². The van der Waals surface area contributed by atoms with E-state index < -0.39 is 0 Å². The van der Waals surface area contributed by atoms with E-state index in [1.807, 2.05) is 12.2 Å². The van der Waals surface area contributed by atoms with Crippen molar-refractivity contribution in [2.24, 2.45) is 5.92 Å². The molecule has 0 bridgehead atoms. The fourth-order valence-electron chi connectivity index (χ4n) is 1.77. The topological polar surface area (TPSA) is 70.2 Å². The summed E-state index contributed by atoms with van der Waals surface area (Å²) in [5.74, 6) is 0.550. The van der Waals surface area contributed by atoms with Crippen molar-refractivity contribution in [1.82, 2.24) is 16.0 Å². The Bertz CT molecular complexity index is 316. The summed E-state index contributed by atoms with van der Waals surface area (Å²) in [5.41, 5.74) is 0. The monoisotopic (exact) mass is 237 g/mol. The van der Waals surface area contributed by atoms with Gasteiger partial charge in [-0.05, 0) is 31.6 Å². The van der Waals surface area contributed by atoms with Crippen LogP contribution in [0.2, 0.25) is 0 Å². The molecule has 0 spiro atoms. The molecule has 0 saturated heterocycles. The van der Waals surface area contributed by atoms with Crippen LogP contribution in [0.25, 0.3) is 0 Å². The highest BCUT2D eigenvalue weighted by atomic mass is 16.2. The van der Waals surface area contributed by atoms with Gasteiger partial charge in [-0.15, -0.1) is 0 Å². The van der Waals surface area contributed by atoms with Crippen LogP contribution in [-0.4, -0.2) is 31.1 Å². The van der Waals surface area contributed by atoms with E-state index in [4.69, 9.17) is 0 Å². The molecule has 0 atom stereocenters. The molecule has 3 N–H and O–H groups in total. The summed E-state index contributed by atoms with van der Waals surface area (Å²) in [6, 6.07) is -0.0789. The highest BCUT2D eigenvalue weighted by Gasteiger charge is 2.21. The molecule has 0 aromatic heterocycles. The van der Waals surface area contributed by atoms with Crippen LogP contribution in [0.15, 0.2) is 12.2 Å². The van der Waals surface area contributed by atoms with E-state index in [9.17, 15) is 9.59 Å². The fraction of sp³-hybridized carbons (Fsp3) is 0.667. The van der Waals surface area contributed by atoms with E-state index in [0.717, 1.165) is 19.4 Å². The molecule has 94 valence electrons. The quantitative estimate of drug-likeness (QED) is 0.610. The number of amides is 3. The average Bonchev–Trinajstić information content (AvgIpc) is 3.01. The van der Waals surface area contributed by atoms with E-state index in [-0.39, 0.29) is 24.5 Å². The van der Waals surface area contributed by atoms with E-state index in [1.165, 1.54) is 12.8 Å². The van der Waals surface area contributed by atoms with Crippen molar-refractivity contribution in [3.05, 3.63) is 12.2 Å². The van der Waals surface area contributed by atoms with Crippen LogP contribution in [0.4, 0.5) is 4.79 Å². The predicted octanol–water partition coefficient (Wildman–Crippen LogP) is 0.530. The predicted molar refractivity (Wildman–Crippen MR) is 64.4 cm³/mol. The Morgan fingerprint density at radius 2 is 1.82 bits per heavy atom. The summed E-state index contributed by atoms with van der Waals surface area (Å²) in [4.78, 5) is 22.8. The molecular formula is C12H19N3O2. The lowest BCUT2D eigenvalue weighted by molar-refractivity contribution is -0.120. The van der Waals surface area contributed by atoms with Crippen molar-refractivity contribution in [2.45, 2.75) is 31.7 Å². The first-order valence-electron chi connectivity index (χ1n) is 6.20. The molecule has 5 heteroatoms. The third-order valence-electron chi connectivity index (χ3n) is 3.04. The number of carbonyl (C=O) groups is 2. The maximum Gasteiger partial charge on any atom is 0.315 e. The molecule has 2 rings (SSSR count). The van der Waals surface area contributed by atoms with E-state index in [1.54, 1.807) is 0 Å². The van der Waals surface area contributed by atoms with Gasteiger partial charge in [0, 0.05) is 12.6 Å². The Hall–Kier alpha value is -1.52. The molecule has 3 amide bonds. The number of hydrogen-bond donors (Lipinski definition) is 3. The maximum atomic E-state index is 11.4. The third kappa shape index (κ3) is 4.46. The zero-order valence-corrected chi connectivity index (χ0v) is 9.87. The van der Waals surface area contributed by atoms with Crippen molar-refractivity contribution in [3.8, 4) is 0 Å². The maximum absolute atomic E-state index is 11.4. The van der Waals surface area contributed by atoms with Crippen LogP contribution in [0, 0.1) is 5.92 Å². The Morgan fingerprint density at radius 3 is 2.47 bits per heavy atom. The number of urea groups is 1. The first-order valence-corrected chi connectivity index (χ1v) is 6.20. The first-order chi connectivity index (χ1) is 8.24. The van der Waals surface area contributed by atoms with Crippen molar-refractivity contribution in [2.75, 3.05) is 13.1 Å². The van der Waals surface area contributed by atoms with Crippen LogP contribution in [0.1, 0.15) is 25.7 Å². The zero-order chi connectivity index (χ0) is 12.1. The minimum Gasteiger partial charge on any atom is -0.354 e. The molecule has 0 aromatic rings. The molecule has 0 unspecified atom stereocenters. The molecule has 0 heterocycles. The van der Waals surface area contributed by atoms with Gasteiger partial charge in [0.2, 0.25) is 5.91 Å².